The Morgan fingerprint density at radius 3 is 3.00 bits per heavy atom. The van der Waals surface area contributed by atoms with Crippen LogP contribution >= 0.6 is 11.8 Å². The molecule has 0 bridgehead atoms. The van der Waals surface area contributed by atoms with Crippen molar-refractivity contribution in [2.45, 2.75) is 50.4 Å². The molecule has 1 heterocycles. The summed E-state index contributed by atoms with van der Waals surface area (Å²) in [7, 11) is 0. The third-order valence-corrected chi connectivity index (χ3v) is 4.21. The van der Waals surface area contributed by atoms with E-state index in [4.69, 9.17) is 0 Å². The van der Waals surface area contributed by atoms with Gasteiger partial charge in [-0.1, -0.05) is 19.8 Å². The second-order valence-electron chi connectivity index (χ2n) is 4.58. The molecule has 2 rings (SSSR count). The molecule has 1 aromatic rings. The molecule has 0 spiro atoms. The monoisotopic (exact) mass is 239 g/mol. The third-order valence-electron chi connectivity index (χ3n) is 3.26. The fourth-order valence-corrected chi connectivity index (χ4v) is 2.51. The van der Waals surface area contributed by atoms with Crippen LogP contribution in [0, 0.1) is 0 Å². The molecular formula is C12H21N3S. The lowest BCUT2D eigenvalue weighted by atomic mass is 10.2. The van der Waals surface area contributed by atoms with Crippen molar-refractivity contribution in [3.8, 4) is 0 Å². The van der Waals surface area contributed by atoms with Crippen LogP contribution in [-0.4, -0.2) is 27.1 Å². The lowest BCUT2D eigenvalue weighted by molar-refractivity contribution is 0.672. The highest BCUT2D eigenvalue weighted by molar-refractivity contribution is 7.99. The first-order chi connectivity index (χ1) is 7.79. The number of thioether (sulfide) groups is 1. The van der Waals surface area contributed by atoms with E-state index in [0.29, 0.717) is 11.3 Å². The molecule has 90 valence electrons. The number of nitrogens with zero attached hydrogens (tertiary/aromatic N) is 2. The van der Waals surface area contributed by atoms with Crippen LogP contribution in [0.15, 0.2) is 12.4 Å². The minimum atomic E-state index is 0.637. The zero-order valence-corrected chi connectivity index (χ0v) is 11.0. The van der Waals surface area contributed by atoms with Gasteiger partial charge in [0.1, 0.15) is 0 Å². The quantitative estimate of drug-likeness (QED) is 0.856. The van der Waals surface area contributed by atoms with Gasteiger partial charge in [0.15, 0.2) is 0 Å². The Morgan fingerprint density at radius 2 is 2.31 bits per heavy atom. The summed E-state index contributed by atoms with van der Waals surface area (Å²) in [5.41, 5.74) is 0. The average Bonchev–Trinajstić information content (AvgIpc) is 2.92. The highest BCUT2D eigenvalue weighted by Crippen LogP contribution is 2.22. The Labute approximate surface area is 102 Å². The van der Waals surface area contributed by atoms with Gasteiger partial charge >= 0.3 is 0 Å². The fraction of sp³-hybridized carbons (Fsp3) is 0.750. The van der Waals surface area contributed by atoms with Crippen LogP contribution in [0.1, 0.15) is 32.6 Å². The summed E-state index contributed by atoms with van der Waals surface area (Å²) in [5, 5.41) is 4.20. The highest BCUT2D eigenvalue weighted by Gasteiger charge is 2.16. The number of anilines is 1. The maximum absolute atomic E-state index is 4.41. The van der Waals surface area contributed by atoms with Crippen molar-refractivity contribution in [2.24, 2.45) is 0 Å². The molecule has 1 aliphatic rings. The number of nitrogens with one attached hydrogen (secondary N) is 1. The first-order valence-corrected chi connectivity index (χ1v) is 7.39. The zero-order valence-electron chi connectivity index (χ0n) is 10.1. The molecule has 0 aromatic carbocycles. The van der Waals surface area contributed by atoms with Gasteiger partial charge in [0.25, 0.3) is 0 Å². The van der Waals surface area contributed by atoms with Gasteiger partial charge in [-0.3, -0.25) is 0 Å². The summed E-state index contributed by atoms with van der Waals surface area (Å²) in [6.45, 7) is 3.29. The van der Waals surface area contributed by atoms with Gasteiger partial charge in [-0.25, -0.2) is 4.98 Å². The summed E-state index contributed by atoms with van der Waals surface area (Å²) >= 11 is 1.90. The Morgan fingerprint density at radius 1 is 1.56 bits per heavy atom. The van der Waals surface area contributed by atoms with Gasteiger partial charge in [0.05, 0.1) is 0 Å². The van der Waals surface area contributed by atoms with Crippen molar-refractivity contribution in [3.05, 3.63) is 12.4 Å². The normalized spacial score (nSPS) is 18.9. The zero-order chi connectivity index (χ0) is 11.4. The van der Waals surface area contributed by atoms with Crippen LogP contribution in [0.25, 0.3) is 0 Å². The van der Waals surface area contributed by atoms with Crippen molar-refractivity contribution < 1.29 is 0 Å². The molecule has 4 heteroatoms. The number of aromatic nitrogens is 2. The first kappa shape index (κ1) is 11.8. The summed E-state index contributed by atoms with van der Waals surface area (Å²) in [6.07, 6.45) is 11.4. The Hall–Kier alpha value is -0.640. The van der Waals surface area contributed by atoms with E-state index in [0.717, 1.165) is 12.5 Å². The molecule has 1 aliphatic carbocycles. The minimum Gasteiger partial charge on any atom is -0.353 e. The van der Waals surface area contributed by atoms with Crippen LogP contribution in [0.4, 0.5) is 5.95 Å². The van der Waals surface area contributed by atoms with Gasteiger partial charge in [0, 0.05) is 30.2 Å². The van der Waals surface area contributed by atoms with Crippen molar-refractivity contribution in [3.63, 3.8) is 0 Å². The van der Waals surface area contributed by atoms with E-state index in [1.54, 1.807) is 0 Å². The molecule has 1 saturated carbocycles. The minimum absolute atomic E-state index is 0.637. The standard InChI is InChI=1S/C12H21N3S/c1-10(16-2)9-15-8-7-13-12(15)14-11-5-3-4-6-11/h7-8,10-11H,3-6,9H2,1-2H3,(H,13,14). The van der Waals surface area contributed by atoms with Gasteiger partial charge in [-0.05, 0) is 19.1 Å². The van der Waals surface area contributed by atoms with E-state index in [9.17, 15) is 0 Å². The molecular weight excluding hydrogens is 218 g/mol. The van der Waals surface area contributed by atoms with Crippen molar-refractivity contribution in [2.75, 3.05) is 11.6 Å². The van der Waals surface area contributed by atoms with Crippen molar-refractivity contribution in [1.82, 2.24) is 9.55 Å². The molecule has 1 aromatic heterocycles. The van der Waals surface area contributed by atoms with Gasteiger partial charge in [0.2, 0.25) is 5.95 Å². The van der Waals surface area contributed by atoms with Crippen LogP contribution in [-0.2, 0) is 6.54 Å². The Bertz CT molecular complexity index is 318. The lowest BCUT2D eigenvalue weighted by Crippen LogP contribution is -2.19. The molecule has 0 aliphatic heterocycles. The first-order valence-electron chi connectivity index (χ1n) is 6.10. The van der Waals surface area contributed by atoms with Gasteiger partial charge in [-0.2, -0.15) is 11.8 Å². The molecule has 1 unspecified atom stereocenters. The predicted molar refractivity (Wildman–Crippen MR) is 71.1 cm³/mol. The van der Waals surface area contributed by atoms with Crippen LogP contribution in [0.5, 0.6) is 0 Å². The fourth-order valence-electron chi connectivity index (χ4n) is 2.20. The van der Waals surface area contributed by atoms with E-state index in [-0.39, 0.29) is 0 Å². The van der Waals surface area contributed by atoms with E-state index in [2.05, 4.69) is 34.2 Å². The summed E-state index contributed by atoms with van der Waals surface area (Å²) in [5.74, 6) is 1.05. The maximum atomic E-state index is 4.41. The second-order valence-corrected chi connectivity index (χ2v) is 5.85. The number of hydrogen-bond donors (Lipinski definition) is 1. The maximum Gasteiger partial charge on any atom is 0.203 e. The number of hydrogen-bond acceptors (Lipinski definition) is 3. The lowest BCUT2D eigenvalue weighted by Gasteiger charge is -2.16. The van der Waals surface area contributed by atoms with Gasteiger partial charge < -0.3 is 9.88 Å². The SMILES string of the molecule is CSC(C)Cn1ccnc1NC1CCCC1. The summed E-state index contributed by atoms with van der Waals surface area (Å²) < 4.78 is 2.24. The number of rotatable bonds is 5. The third kappa shape index (κ3) is 2.94. The molecule has 1 atom stereocenters. The van der Waals surface area contributed by atoms with E-state index in [1.807, 2.05) is 18.0 Å². The van der Waals surface area contributed by atoms with Gasteiger partial charge in [-0.15, -0.1) is 0 Å². The van der Waals surface area contributed by atoms with Crippen molar-refractivity contribution in [1.29, 1.82) is 0 Å². The molecule has 16 heavy (non-hydrogen) atoms. The van der Waals surface area contributed by atoms with Crippen LogP contribution in [0.3, 0.4) is 0 Å². The predicted octanol–water partition coefficient (Wildman–Crippen LogP) is 2.99. The smallest absolute Gasteiger partial charge is 0.203 e. The van der Waals surface area contributed by atoms with E-state index in [1.165, 1.54) is 25.7 Å². The molecule has 0 radical (unpaired) electrons. The second kappa shape index (κ2) is 5.62. The van der Waals surface area contributed by atoms with Crippen LogP contribution in [0.2, 0.25) is 0 Å². The van der Waals surface area contributed by atoms with E-state index < -0.39 is 0 Å². The van der Waals surface area contributed by atoms with Crippen molar-refractivity contribution >= 4 is 17.7 Å². The number of imidazole rings is 1. The molecule has 1 fully saturated rings. The molecule has 0 amide bonds. The summed E-state index contributed by atoms with van der Waals surface area (Å²) in [4.78, 5) is 4.41. The van der Waals surface area contributed by atoms with E-state index >= 15 is 0 Å². The molecule has 0 saturated heterocycles. The Kier molecular flexibility index (Phi) is 4.16. The van der Waals surface area contributed by atoms with Crippen LogP contribution < -0.4 is 5.32 Å². The Balaban J connectivity index is 1.95. The molecule has 3 nitrogen and oxygen atoms in total. The molecule has 1 N–H and O–H groups in total. The topological polar surface area (TPSA) is 29.9 Å². The largest absolute Gasteiger partial charge is 0.353 e. The summed E-state index contributed by atoms with van der Waals surface area (Å²) in [6, 6.07) is 0.644. The highest BCUT2D eigenvalue weighted by atomic mass is 32.2. The average molecular weight is 239 g/mol.